The zero-order valence-corrected chi connectivity index (χ0v) is 13.4. The molecule has 7 heteroatoms. The monoisotopic (exact) mass is 330 g/mol. The number of pyridine rings is 1. The molecule has 0 aliphatic heterocycles. The summed E-state index contributed by atoms with van der Waals surface area (Å²) >= 11 is 0. The van der Waals surface area contributed by atoms with Crippen LogP contribution < -0.4 is 15.6 Å². The van der Waals surface area contributed by atoms with Crippen molar-refractivity contribution in [3.63, 3.8) is 0 Å². The van der Waals surface area contributed by atoms with Crippen LogP contribution in [0.25, 0.3) is 0 Å². The predicted molar refractivity (Wildman–Crippen MR) is 88.3 cm³/mol. The third-order valence-corrected chi connectivity index (χ3v) is 3.19. The molecule has 0 unspecified atom stereocenters. The van der Waals surface area contributed by atoms with Crippen LogP contribution >= 0.6 is 0 Å². The molecule has 0 atom stereocenters. The number of hydrogen-bond donors (Lipinski definition) is 1. The molecule has 1 aromatic carbocycles. The number of ether oxygens (including phenoxy) is 2. The fourth-order valence-corrected chi connectivity index (χ4v) is 2.07. The van der Waals surface area contributed by atoms with Gasteiger partial charge in [0.15, 0.2) is 5.75 Å². The Bertz CT molecular complexity index is 780. The average Bonchev–Trinajstić information content (AvgIpc) is 2.58. The van der Waals surface area contributed by atoms with Gasteiger partial charge >= 0.3 is 5.97 Å². The van der Waals surface area contributed by atoms with E-state index in [0.717, 1.165) is 0 Å². The van der Waals surface area contributed by atoms with Gasteiger partial charge < -0.3 is 19.4 Å². The molecule has 0 radical (unpaired) electrons. The minimum absolute atomic E-state index is 0.140. The smallest absolute Gasteiger partial charge is 0.337 e. The van der Waals surface area contributed by atoms with Crippen molar-refractivity contribution < 1.29 is 19.1 Å². The second-order valence-corrected chi connectivity index (χ2v) is 4.86. The quantitative estimate of drug-likeness (QED) is 0.814. The Balaban J connectivity index is 2.05. The molecular formula is C17H18N2O5. The summed E-state index contributed by atoms with van der Waals surface area (Å²) in [4.78, 5) is 35.5. The first-order valence-electron chi connectivity index (χ1n) is 7.35. The van der Waals surface area contributed by atoms with E-state index in [1.165, 1.54) is 17.9 Å². The zero-order valence-electron chi connectivity index (χ0n) is 13.4. The average molecular weight is 330 g/mol. The van der Waals surface area contributed by atoms with Crippen molar-refractivity contribution in [1.82, 2.24) is 4.57 Å². The second-order valence-electron chi connectivity index (χ2n) is 4.86. The number of carbonyl (C=O) groups is 2. The summed E-state index contributed by atoms with van der Waals surface area (Å²) in [5.74, 6) is -0.612. The number of nitrogens with one attached hydrogen (secondary N) is 1. The number of hydrogen-bond acceptors (Lipinski definition) is 5. The molecule has 2 rings (SSSR count). The molecule has 0 aliphatic carbocycles. The standard InChI is InChI=1S/C17H18N2O5/c1-3-24-14-5-4-10-19(16(14)21)11-15(20)18-13-8-6-12(7-9-13)17(22)23-2/h4-10H,3,11H2,1-2H3,(H,18,20). The lowest BCUT2D eigenvalue weighted by Gasteiger charge is -2.09. The van der Waals surface area contributed by atoms with Gasteiger partial charge in [0.1, 0.15) is 6.54 Å². The SMILES string of the molecule is CCOc1cccn(CC(=O)Nc2ccc(C(=O)OC)cc2)c1=O. The van der Waals surface area contributed by atoms with Crippen molar-refractivity contribution in [2.75, 3.05) is 19.0 Å². The van der Waals surface area contributed by atoms with E-state index >= 15 is 0 Å². The lowest BCUT2D eigenvalue weighted by atomic mass is 10.2. The molecule has 0 bridgehead atoms. The first-order valence-corrected chi connectivity index (χ1v) is 7.35. The number of rotatable bonds is 6. The van der Waals surface area contributed by atoms with Crippen molar-refractivity contribution in [3.8, 4) is 5.75 Å². The Kier molecular flexibility index (Phi) is 5.73. The highest BCUT2D eigenvalue weighted by atomic mass is 16.5. The topological polar surface area (TPSA) is 86.6 Å². The van der Waals surface area contributed by atoms with Crippen LogP contribution in [-0.2, 0) is 16.1 Å². The van der Waals surface area contributed by atoms with Crippen molar-refractivity contribution in [3.05, 3.63) is 58.5 Å². The molecule has 2 aromatic rings. The van der Waals surface area contributed by atoms with Gasteiger partial charge in [0.05, 0.1) is 19.3 Å². The number of anilines is 1. The number of esters is 1. The Morgan fingerprint density at radius 3 is 2.50 bits per heavy atom. The van der Waals surface area contributed by atoms with Crippen LogP contribution in [0.15, 0.2) is 47.4 Å². The third kappa shape index (κ3) is 4.22. The van der Waals surface area contributed by atoms with Crippen LogP contribution in [-0.4, -0.2) is 30.2 Å². The number of amides is 1. The molecule has 0 aliphatic rings. The molecule has 24 heavy (non-hydrogen) atoms. The summed E-state index contributed by atoms with van der Waals surface area (Å²) in [6.07, 6.45) is 1.52. The Morgan fingerprint density at radius 2 is 1.88 bits per heavy atom. The first-order chi connectivity index (χ1) is 11.5. The fourth-order valence-electron chi connectivity index (χ4n) is 2.07. The number of methoxy groups -OCH3 is 1. The minimum Gasteiger partial charge on any atom is -0.488 e. The van der Waals surface area contributed by atoms with Crippen molar-refractivity contribution in [2.24, 2.45) is 0 Å². The van der Waals surface area contributed by atoms with Gasteiger partial charge in [-0.05, 0) is 43.3 Å². The molecule has 7 nitrogen and oxygen atoms in total. The van der Waals surface area contributed by atoms with E-state index in [1.807, 2.05) is 0 Å². The summed E-state index contributed by atoms with van der Waals surface area (Å²) < 4.78 is 11.1. The zero-order chi connectivity index (χ0) is 17.5. The molecule has 1 amide bonds. The van der Waals surface area contributed by atoms with E-state index in [-0.39, 0.29) is 23.8 Å². The van der Waals surface area contributed by atoms with Crippen LogP contribution in [0.2, 0.25) is 0 Å². The van der Waals surface area contributed by atoms with Gasteiger partial charge in [0.25, 0.3) is 5.56 Å². The van der Waals surface area contributed by atoms with Crippen molar-refractivity contribution in [1.29, 1.82) is 0 Å². The van der Waals surface area contributed by atoms with Crippen LogP contribution in [0.1, 0.15) is 17.3 Å². The second kappa shape index (κ2) is 7.96. The minimum atomic E-state index is -0.452. The van der Waals surface area contributed by atoms with E-state index in [2.05, 4.69) is 10.1 Å². The molecule has 0 saturated carbocycles. The highest BCUT2D eigenvalue weighted by Gasteiger charge is 2.09. The van der Waals surface area contributed by atoms with Crippen LogP contribution in [0, 0.1) is 0 Å². The van der Waals surface area contributed by atoms with E-state index in [4.69, 9.17) is 4.74 Å². The molecule has 0 spiro atoms. The van der Waals surface area contributed by atoms with E-state index in [1.54, 1.807) is 43.3 Å². The van der Waals surface area contributed by atoms with Gasteiger partial charge in [-0.3, -0.25) is 9.59 Å². The molecule has 1 aromatic heterocycles. The van der Waals surface area contributed by atoms with E-state index in [0.29, 0.717) is 17.9 Å². The maximum Gasteiger partial charge on any atom is 0.337 e. The molecule has 1 N–H and O–H groups in total. The van der Waals surface area contributed by atoms with Gasteiger partial charge in [-0.1, -0.05) is 0 Å². The highest BCUT2D eigenvalue weighted by Crippen LogP contribution is 2.10. The lowest BCUT2D eigenvalue weighted by molar-refractivity contribution is -0.116. The third-order valence-electron chi connectivity index (χ3n) is 3.19. The molecule has 0 fully saturated rings. The number of nitrogens with zero attached hydrogens (tertiary/aromatic N) is 1. The number of carbonyl (C=O) groups excluding carboxylic acids is 2. The van der Waals surface area contributed by atoms with E-state index in [9.17, 15) is 14.4 Å². The van der Waals surface area contributed by atoms with Gasteiger partial charge in [-0.25, -0.2) is 4.79 Å². The van der Waals surface area contributed by atoms with Crippen molar-refractivity contribution in [2.45, 2.75) is 13.5 Å². The Hall–Kier alpha value is -3.09. The molecule has 126 valence electrons. The fraction of sp³-hybridized carbons (Fsp3) is 0.235. The normalized spacial score (nSPS) is 10.1. The maximum absolute atomic E-state index is 12.1. The Labute approximate surface area is 138 Å². The molecule has 1 heterocycles. The van der Waals surface area contributed by atoms with Gasteiger partial charge in [0.2, 0.25) is 5.91 Å². The van der Waals surface area contributed by atoms with E-state index < -0.39 is 5.97 Å². The van der Waals surface area contributed by atoms with Crippen LogP contribution in [0.5, 0.6) is 5.75 Å². The molecular weight excluding hydrogens is 312 g/mol. The van der Waals surface area contributed by atoms with Crippen LogP contribution in [0.4, 0.5) is 5.69 Å². The summed E-state index contributed by atoms with van der Waals surface area (Å²) in [5.41, 5.74) is 0.535. The first kappa shape index (κ1) is 17.3. The summed E-state index contributed by atoms with van der Waals surface area (Å²) in [5, 5.41) is 2.66. The largest absolute Gasteiger partial charge is 0.488 e. The number of aromatic nitrogens is 1. The van der Waals surface area contributed by atoms with Gasteiger partial charge in [0, 0.05) is 11.9 Å². The predicted octanol–water partition coefficient (Wildman–Crippen LogP) is 1.67. The highest BCUT2D eigenvalue weighted by molar-refractivity contribution is 5.92. The summed E-state index contributed by atoms with van der Waals surface area (Å²) in [6, 6.07) is 9.47. The lowest BCUT2D eigenvalue weighted by Crippen LogP contribution is -2.28. The van der Waals surface area contributed by atoms with Gasteiger partial charge in [-0.2, -0.15) is 0 Å². The molecule has 0 saturated heterocycles. The van der Waals surface area contributed by atoms with Crippen molar-refractivity contribution >= 4 is 17.6 Å². The summed E-state index contributed by atoms with van der Waals surface area (Å²) in [7, 11) is 1.30. The summed E-state index contributed by atoms with van der Waals surface area (Å²) in [6.45, 7) is 2.01. The van der Waals surface area contributed by atoms with Crippen LogP contribution in [0.3, 0.4) is 0 Å². The van der Waals surface area contributed by atoms with Gasteiger partial charge in [-0.15, -0.1) is 0 Å². The number of benzene rings is 1. The Morgan fingerprint density at radius 1 is 1.17 bits per heavy atom. The maximum atomic E-state index is 12.1.